The topological polar surface area (TPSA) is 66.6 Å². The van der Waals surface area contributed by atoms with Gasteiger partial charge in [-0.2, -0.15) is 0 Å². The lowest BCUT2D eigenvalue weighted by Crippen LogP contribution is -2.32. The highest BCUT2D eigenvalue weighted by atomic mass is 16.6. The van der Waals surface area contributed by atoms with Crippen molar-refractivity contribution in [2.75, 3.05) is 19.6 Å². The van der Waals surface area contributed by atoms with Crippen LogP contribution in [-0.2, 0) is 0 Å². The van der Waals surface area contributed by atoms with Gasteiger partial charge in [-0.15, -0.1) is 0 Å². The summed E-state index contributed by atoms with van der Waals surface area (Å²) in [6, 6.07) is 16.3. The number of nitro benzene ring substituents is 1. The quantitative estimate of drug-likeness (QED) is 0.632. The molecule has 0 bridgehead atoms. The summed E-state index contributed by atoms with van der Waals surface area (Å²) >= 11 is 0. The minimum atomic E-state index is -0.480. The molecule has 1 unspecified atom stereocenters. The molecule has 0 saturated heterocycles. The van der Waals surface area contributed by atoms with Crippen molar-refractivity contribution < 1.29 is 10.0 Å². The summed E-state index contributed by atoms with van der Waals surface area (Å²) < 4.78 is 0. The third kappa shape index (κ3) is 4.88. The zero-order valence-electron chi connectivity index (χ0n) is 14.5. The number of hydrogen-bond acceptors (Lipinski definition) is 4. The van der Waals surface area contributed by atoms with Crippen molar-refractivity contribution in [3.05, 3.63) is 93.6 Å². The molecule has 1 heterocycles. The second-order valence-electron chi connectivity index (χ2n) is 6.40. The predicted octanol–water partition coefficient (Wildman–Crippen LogP) is 3.97. The van der Waals surface area contributed by atoms with Gasteiger partial charge in [-0.05, 0) is 23.1 Å². The SMILES string of the molecule is O=[N+]([O-])c1cccc(C=CC2=CCN(CC(O)c3ccccc3)CC2)c1. The van der Waals surface area contributed by atoms with E-state index in [0.717, 1.165) is 30.6 Å². The lowest BCUT2D eigenvalue weighted by molar-refractivity contribution is -0.384. The summed E-state index contributed by atoms with van der Waals surface area (Å²) in [5.41, 5.74) is 3.07. The van der Waals surface area contributed by atoms with Crippen LogP contribution < -0.4 is 0 Å². The lowest BCUT2D eigenvalue weighted by atomic mass is 10.0. The molecule has 0 aromatic heterocycles. The maximum Gasteiger partial charge on any atom is 0.270 e. The molecule has 0 amide bonds. The summed E-state index contributed by atoms with van der Waals surface area (Å²) in [6.07, 6.45) is 6.49. The van der Waals surface area contributed by atoms with E-state index in [1.165, 1.54) is 11.6 Å². The van der Waals surface area contributed by atoms with Gasteiger partial charge in [0, 0.05) is 31.8 Å². The summed E-state index contributed by atoms with van der Waals surface area (Å²) in [4.78, 5) is 12.7. The predicted molar refractivity (Wildman–Crippen MR) is 103 cm³/mol. The molecule has 0 aliphatic carbocycles. The Morgan fingerprint density at radius 3 is 2.65 bits per heavy atom. The van der Waals surface area contributed by atoms with Gasteiger partial charge in [0.25, 0.3) is 5.69 Å². The van der Waals surface area contributed by atoms with Gasteiger partial charge in [-0.25, -0.2) is 0 Å². The molecule has 0 saturated carbocycles. The summed E-state index contributed by atoms with van der Waals surface area (Å²) in [5.74, 6) is 0. The number of aliphatic hydroxyl groups is 1. The molecule has 26 heavy (non-hydrogen) atoms. The van der Waals surface area contributed by atoms with Crippen molar-refractivity contribution in [1.82, 2.24) is 4.90 Å². The first-order valence-electron chi connectivity index (χ1n) is 8.69. The van der Waals surface area contributed by atoms with Crippen LogP contribution in [0.15, 0.2) is 72.3 Å². The van der Waals surface area contributed by atoms with E-state index in [9.17, 15) is 15.2 Å². The van der Waals surface area contributed by atoms with Crippen LogP contribution in [0.5, 0.6) is 0 Å². The van der Waals surface area contributed by atoms with Crippen LogP contribution in [0.4, 0.5) is 5.69 Å². The molecule has 2 aromatic carbocycles. The molecular formula is C21H22N2O3. The average molecular weight is 350 g/mol. The lowest BCUT2D eigenvalue weighted by Gasteiger charge is -2.27. The van der Waals surface area contributed by atoms with Crippen LogP contribution in [0.1, 0.15) is 23.7 Å². The fourth-order valence-corrected chi connectivity index (χ4v) is 3.01. The smallest absolute Gasteiger partial charge is 0.270 e. The number of allylic oxidation sites excluding steroid dienone is 1. The molecule has 2 aromatic rings. The highest BCUT2D eigenvalue weighted by molar-refractivity contribution is 5.56. The Morgan fingerprint density at radius 1 is 1.15 bits per heavy atom. The van der Waals surface area contributed by atoms with Crippen molar-refractivity contribution >= 4 is 11.8 Å². The molecule has 0 radical (unpaired) electrons. The summed E-state index contributed by atoms with van der Waals surface area (Å²) in [7, 11) is 0. The number of nitro groups is 1. The molecule has 1 aliphatic heterocycles. The van der Waals surface area contributed by atoms with E-state index in [0.29, 0.717) is 6.54 Å². The number of non-ortho nitro benzene ring substituents is 1. The minimum Gasteiger partial charge on any atom is -0.387 e. The molecule has 1 N–H and O–H groups in total. The fourth-order valence-electron chi connectivity index (χ4n) is 3.01. The van der Waals surface area contributed by atoms with Crippen LogP contribution in [0, 0.1) is 10.1 Å². The highest BCUT2D eigenvalue weighted by Gasteiger charge is 2.15. The van der Waals surface area contributed by atoms with Gasteiger partial charge < -0.3 is 5.11 Å². The van der Waals surface area contributed by atoms with Crippen LogP contribution >= 0.6 is 0 Å². The molecule has 5 heteroatoms. The first-order chi connectivity index (χ1) is 12.6. The molecule has 1 aliphatic rings. The average Bonchev–Trinajstić information content (AvgIpc) is 2.68. The zero-order valence-corrected chi connectivity index (χ0v) is 14.5. The third-order valence-electron chi connectivity index (χ3n) is 4.51. The van der Waals surface area contributed by atoms with E-state index in [2.05, 4.69) is 11.0 Å². The normalized spacial score (nSPS) is 16.4. The number of hydrogen-bond donors (Lipinski definition) is 1. The molecule has 134 valence electrons. The Balaban J connectivity index is 1.56. The third-order valence-corrected chi connectivity index (χ3v) is 4.51. The van der Waals surface area contributed by atoms with E-state index < -0.39 is 6.10 Å². The van der Waals surface area contributed by atoms with Crippen LogP contribution in [0.3, 0.4) is 0 Å². The second-order valence-corrected chi connectivity index (χ2v) is 6.40. The Bertz CT molecular complexity index is 815. The van der Waals surface area contributed by atoms with Crippen molar-refractivity contribution in [2.45, 2.75) is 12.5 Å². The van der Waals surface area contributed by atoms with Gasteiger partial charge >= 0.3 is 0 Å². The number of benzene rings is 2. The van der Waals surface area contributed by atoms with Crippen LogP contribution in [-0.4, -0.2) is 34.6 Å². The van der Waals surface area contributed by atoms with Crippen molar-refractivity contribution in [3.8, 4) is 0 Å². The summed E-state index contributed by atoms with van der Waals surface area (Å²) in [5, 5.41) is 21.2. The van der Waals surface area contributed by atoms with Crippen LogP contribution in [0.25, 0.3) is 6.08 Å². The first kappa shape index (κ1) is 18.0. The van der Waals surface area contributed by atoms with Gasteiger partial charge in [-0.1, -0.05) is 60.7 Å². The van der Waals surface area contributed by atoms with Crippen molar-refractivity contribution in [1.29, 1.82) is 0 Å². The maximum atomic E-state index is 10.8. The van der Waals surface area contributed by atoms with Crippen molar-refractivity contribution in [3.63, 3.8) is 0 Å². The molecule has 0 fully saturated rings. The van der Waals surface area contributed by atoms with E-state index in [1.807, 2.05) is 48.6 Å². The Kier molecular flexibility index (Phi) is 5.94. The van der Waals surface area contributed by atoms with E-state index in [1.54, 1.807) is 12.1 Å². The number of rotatable bonds is 6. The van der Waals surface area contributed by atoms with Gasteiger partial charge in [0.15, 0.2) is 0 Å². The van der Waals surface area contributed by atoms with Gasteiger partial charge in [0.2, 0.25) is 0 Å². The fraction of sp³-hybridized carbons (Fsp3) is 0.238. The van der Waals surface area contributed by atoms with Gasteiger partial charge in [-0.3, -0.25) is 15.0 Å². The van der Waals surface area contributed by atoms with Crippen molar-refractivity contribution in [2.24, 2.45) is 0 Å². The minimum absolute atomic E-state index is 0.103. The Hall–Kier alpha value is -2.76. The second kappa shape index (κ2) is 8.56. The van der Waals surface area contributed by atoms with E-state index in [4.69, 9.17) is 0 Å². The van der Waals surface area contributed by atoms with E-state index >= 15 is 0 Å². The standard InChI is InChI=1S/C21H22N2O3/c24-21(19-6-2-1-3-7-19)16-22-13-11-17(12-14-22)9-10-18-5-4-8-20(15-18)23(25)26/h1-11,15,21,24H,12-14,16H2. The summed E-state index contributed by atoms with van der Waals surface area (Å²) in [6.45, 7) is 2.29. The van der Waals surface area contributed by atoms with Gasteiger partial charge in [0.1, 0.15) is 0 Å². The monoisotopic (exact) mass is 350 g/mol. The van der Waals surface area contributed by atoms with E-state index in [-0.39, 0.29) is 10.6 Å². The van der Waals surface area contributed by atoms with Crippen LogP contribution in [0.2, 0.25) is 0 Å². The molecule has 5 nitrogen and oxygen atoms in total. The molecule has 3 rings (SSSR count). The number of aliphatic hydroxyl groups excluding tert-OH is 1. The number of nitrogens with zero attached hydrogens (tertiary/aromatic N) is 2. The Morgan fingerprint density at radius 2 is 1.96 bits per heavy atom. The maximum absolute atomic E-state index is 10.8. The Labute approximate surface area is 153 Å². The van der Waals surface area contributed by atoms with Gasteiger partial charge in [0.05, 0.1) is 11.0 Å². The largest absolute Gasteiger partial charge is 0.387 e. The first-order valence-corrected chi connectivity index (χ1v) is 8.69. The molecular weight excluding hydrogens is 328 g/mol. The molecule has 1 atom stereocenters. The zero-order chi connectivity index (χ0) is 18.4. The molecule has 0 spiro atoms. The highest BCUT2D eigenvalue weighted by Crippen LogP contribution is 2.19. The number of β-amino-alcohol motifs (C(OH)–C–C–N with tert-alkyl or cyclic N) is 1.